The zero-order valence-corrected chi connectivity index (χ0v) is 11.8. The number of carbonyl (C=O) groups excluding carboxylic acids is 1. The Bertz CT molecular complexity index is 261. The van der Waals surface area contributed by atoms with E-state index < -0.39 is 6.10 Å². The molecular weight excluding hydrogens is 232 g/mol. The van der Waals surface area contributed by atoms with E-state index in [1.54, 1.807) is 0 Å². The monoisotopic (exact) mass is 258 g/mol. The minimum absolute atomic E-state index is 0.0748. The van der Waals surface area contributed by atoms with Crippen molar-refractivity contribution in [1.29, 1.82) is 0 Å². The van der Waals surface area contributed by atoms with Gasteiger partial charge in [0.15, 0.2) is 0 Å². The number of aliphatic hydroxyl groups excluding tert-OH is 1. The standard InChI is InChI=1S/C13H26N2O3/c1-14-6-4-5-11(8-14)9-15(2)10-12(16)7-13(17)18-3/h11-12,16H,4-10H2,1-3H3. The quantitative estimate of drug-likeness (QED) is 0.689. The first-order chi connectivity index (χ1) is 8.51. The number of nitrogens with zero attached hydrogens (tertiary/aromatic N) is 2. The minimum atomic E-state index is -0.635. The Hall–Kier alpha value is -0.650. The highest BCUT2D eigenvalue weighted by Crippen LogP contribution is 2.16. The number of hydrogen-bond acceptors (Lipinski definition) is 5. The lowest BCUT2D eigenvalue weighted by Gasteiger charge is -2.32. The average Bonchev–Trinajstić information content (AvgIpc) is 2.28. The molecule has 1 heterocycles. The lowest BCUT2D eigenvalue weighted by molar-refractivity contribution is -0.143. The van der Waals surface area contributed by atoms with Crippen LogP contribution in [0.1, 0.15) is 19.3 Å². The van der Waals surface area contributed by atoms with Crippen LogP contribution in [0.15, 0.2) is 0 Å². The third-order valence-corrected chi connectivity index (χ3v) is 3.44. The van der Waals surface area contributed by atoms with Crippen LogP contribution in [-0.4, -0.2) is 74.4 Å². The number of ether oxygens (including phenoxy) is 1. The lowest BCUT2D eigenvalue weighted by atomic mass is 9.98. The fraction of sp³-hybridized carbons (Fsp3) is 0.923. The van der Waals surface area contributed by atoms with Crippen LogP contribution in [0.2, 0.25) is 0 Å². The average molecular weight is 258 g/mol. The van der Waals surface area contributed by atoms with Crippen LogP contribution in [0.4, 0.5) is 0 Å². The van der Waals surface area contributed by atoms with Crippen molar-refractivity contribution in [1.82, 2.24) is 9.80 Å². The molecule has 106 valence electrons. The van der Waals surface area contributed by atoms with Gasteiger partial charge in [-0.05, 0) is 39.4 Å². The van der Waals surface area contributed by atoms with Crippen LogP contribution in [-0.2, 0) is 9.53 Å². The molecule has 2 atom stereocenters. The summed E-state index contributed by atoms with van der Waals surface area (Å²) in [6.07, 6.45) is 1.94. The summed E-state index contributed by atoms with van der Waals surface area (Å²) in [5.41, 5.74) is 0. The highest BCUT2D eigenvalue weighted by Gasteiger charge is 2.20. The normalized spacial score (nSPS) is 23.1. The molecular formula is C13H26N2O3. The van der Waals surface area contributed by atoms with Gasteiger partial charge in [-0.3, -0.25) is 4.79 Å². The van der Waals surface area contributed by atoms with Crippen molar-refractivity contribution >= 4 is 5.97 Å². The van der Waals surface area contributed by atoms with E-state index in [0.717, 1.165) is 13.1 Å². The second kappa shape index (κ2) is 7.71. The number of likely N-dealkylation sites (tertiary alicyclic amines) is 1. The molecule has 1 N–H and O–H groups in total. The van der Waals surface area contributed by atoms with Gasteiger partial charge >= 0.3 is 5.97 Å². The molecule has 1 fully saturated rings. The SMILES string of the molecule is COC(=O)CC(O)CN(C)CC1CCCN(C)C1. The Kier molecular flexibility index (Phi) is 6.60. The maximum absolute atomic E-state index is 11.0. The molecule has 0 aliphatic carbocycles. The molecule has 2 unspecified atom stereocenters. The Morgan fingerprint density at radius 2 is 2.33 bits per heavy atom. The van der Waals surface area contributed by atoms with Gasteiger partial charge in [0.2, 0.25) is 0 Å². The molecule has 18 heavy (non-hydrogen) atoms. The molecule has 0 bridgehead atoms. The van der Waals surface area contributed by atoms with Crippen molar-refractivity contribution in [2.24, 2.45) is 5.92 Å². The number of aliphatic hydroxyl groups is 1. The summed E-state index contributed by atoms with van der Waals surface area (Å²) in [6, 6.07) is 0. The van der Waals surface area contributed by atoms with Gasteiger partial charge < -0.3 is 19.6 Å². The molecule has 0 radical (unpaired) electrons. The lowest BCUT2D eigenvalue weighted by Crippen LogP contribution is -2.40. The zero-order valence-electron chi connectivity index (χ0n) is 11.8. The van der Waals surface area contributed by atoms with E-state index in [1.165, 1.54) is 26.5 Å². The Morgan fingerprint density at radius 1 is 1.61 bits per heavy atom. The number of likely N-dealkylation sites (N-methyl/N-ethyl adjacent to an activating group) is 1. The van der Waals surface area contributed by atoms with Crippen LogP contribution >= 0.6 is 0 Å². The molecule has 0 aromatic rings. The number of methoxy groups -OCH3 is 1. The molecule has 0 aromatic carbocycles. The number of esters is 1. The first kappa shape index (κ1) is 15.4. The molecule has 5 nitrogen and oxygen atoms in total. The first-order valence-electron chi connectivity index (χ1n) is 6.63. The molecule has 0 saturated carbocycles. The molecule has 0 spiro atoms. The fourth-order valence-corrected chi connectivity index (χ4v) is 2.64. The van der Waals surface area contributed by atoms with E-state index >= 15 is 0 Å². The number of hydrogen-bond donors (Lipinski definition) is 1. The van der Waals surface area contributed by atoms with Gasteiger partial charge in [-0.15, -0.1) is 0 Å². The van der Waals surface area contributed by atoms with Gasteiger partial charge in [0.1, 0.15) is 0 Å². The first-order valence-corrected chi connectivity index (χ1v) is 6.63. The third-order valence-electron chi connectivity index (χ3n) is 3.44. The van der Waals surface area contributed by atoms with Crippen molar-refractivity contribution < 1.29 is 14.6 Å². The van der Waals surface area contributed by atoms with Gasteiger partial charge in [0.05, 0.1) is 19.6 Å². The van der Waals surface area contributed by atoms with Gasteiger partial charge in [-0.1, -0.05) is 0 Å². The summed E-state index contributed by atoms with van der Waals surface area (Å²) in [6.45, 7) is 3.81. The molecule has 1 aliphatic rings. The van der Waals surface area contributed by atoms with Crippen LogP contribution < -0.4 is 0 Å². The van der Waals surface area contributed by atoms with E-state index in [1.807, 2.05) is 7.05 Å². The third kappa shape index (κ3) is 5.80. The minimum Gasteiger partial charge on any atom is -0.469 e. The van der Waals surface area contributed by atoms with Crippen LogP contribution in [0.25, 0.3) is 0 Å². The highest BCUT2D eigenvalue weighted by atomic mass is 16.5. The summed E-state index contributed by atoms with van der Waals surface area (Å²) in [5, 5.41) is 9.75. The predicted molar refractivity (Wildman–Crippen MR) is 70.4 cm³/mol. The van der Waals surface area contributed by atoms with Crippen LogP contribution in [0.3, 0.4) is 0 Å². The number of carbonyl (C=O) groups is 1. The topological polar surface area (TPSA) is 53.0 Å². The van der Waals surface area contributed by atoms with E-state index in [0.29, 0.717) is 12.5 Å². The molecule has 5 heteroatoms. The van der Waals surface area contributed by atoms with Crippen LogP contribution in [0.5, 0.6) is 0 Å². The summed E-state index contributed by atoms with van der Waals surface area (Å²) < 4.78 is 4.54. The van der Waals surface area contributed by atoms with Gasteiger partial charge in [0.25, 0.3) is 0 Å². The Balaban J connectivity index is 2.23. The zero-order chi connectivity index (χ0) is 13.5. The second-order valence-electron chi connectivity index (χ2n) is 5.43. The van der Waals surface area contributed by atoms with E-state index in [2.05, 4.69) is 21.6 Å². The predicted octanol–water partition coefficient (Wildman–Crippen LogP) is 0.184. The largest absolute Gasteiger partial charge is 0.469 e. The maximum atomic E-state index is 11.0. The van der Waals surface area contributed by atoms with Crippen molar-refractivity contribution in [2.75, 3.05) is 47.4 Å². The van der Waals surface area contributed by atoms with E-state index in [4.69, 9.17) is 0 Å². The van der Waals surface area contributed by atoms with E-state index in [-0.39, 0.29) is 12.4 Å². The van der Waals surface area contributed by atoms with Gasteiger partial charge in [-0.25, -0.2) is 0 Å². The van der Waals surface area contributed by atoms with Gasteiger partial charge in [0, 0.05) is 19.6 Å². The smallest absolute Gasteiger partial charge is 0.308 e. The Morgan fingerprint density at radius 3 is 2.94 bits per heavy atom. The van der Waals surface area contributed by atoms with Crippen molar-refractivity contribution in [3.8, 4) is 0 Å². The summed E-state index contributed by atoms with van der Waals surface area (Å²) in [5.74, 6) is 0.312. The van der Waals surface area contributed by atoms with Crippen LogP contribution in [0, 0.1) is 5.92 Å². The second-order valence-corrected chi connectivity index (χ2v) is 5.43. The fourth-order valence-electron chi connectivity index (χ4n) is 2.64. The van der Waals surface area contributed by atoms with Crippen molar-refractivity contribution in [3.63, 3.8) is 0 Å². The Labute approximate surface area is 110 Å². The molecule has 0 aromatic heterocycles. The summed E-state index contributed by atoms with van der Waals surface area (Å²) in [4.78, 5) is 15.5. The molecule has 1 saturated heterocycles. The summed E-state index contributed by atoms with van der Waals surface area (Å²) in [7, 11) is 5.49. The number of rotatable bonds is 6. The summed E-state index contributed by atoms with van der Waals surface area (Å²) >= 11 is 0. The van der Waals surface area contributed by atoms with Crippen molar-refractivity contribution in [3.05, 3.63) is 0 Å². The highest BCUT2D eigenvalue weighted by molar-refractivity contribution is 5.69. The molecule has 1 aliphatic heterocycles. The molecule has 1 rings (SSSR count). The maximum Gasteiger partial charge on any atom is 0.308 e. The number of piperidine rings is 1. The van der Waals surface area contributed by atoms with Gasteiger partial charge in [-0.2, -0.15) is 0 Å². The molecule has 0 amide bonds. The van der Waals surface area contributed by atoms with Crippen molar-refractivity contribution in [2.45, 2.75) is 25.4 Å². The van der Waals surface area contributed by atoms with E-state index in [9.17, 15) is 9.90 Å².